The number of hydrogen-bond acceptors (Lipinski definition) is 5. The average Bonchev–Trinajstić information content (AvgIpc) is 2.80. The van der Waals surface area contributed by atoms with Gasteiger partial charge in [0.05, 0.1) is 6.61 Å². The lowest BCUT2D eigenvalue weighted by Crippen LogP contribution is -2.51. The Hall–Kier alpha value is -1.72. The van der Waals surface area contributed by atoms with Crippen molar-refractivity contribution in [2.75, 3.05) is 13.7 Å². The SMILES string of the molecule is COC12C=C(C=O)C3(C=C1OC(C)=O)OCC=C3C2. The van der Waals surface area contributed by atoms with Gasteiger partial charge < -0.3 is 14.2 Å². The Kier molecular flexibility index (Phi) is 2.52. The van der Waals surface area contributed by atoms with E-state index in [-0.39, 0.29) is 0 Å². The lowest BCUT2D eigenvalue weighted by molar-refractivity contribution is -0.141. The normalized spacial score (nSPS) is 35.2. The quantitative estimate of drug-likeness (QED) is 0.432. The van der Waals surface area contributed by atoms with E-state index in [0.29, 0.717) is 24.4 Å². The Bertz CT molecular complexity index is 556. The monoisotopic (exact) mass is 262 g/mol. The van der Waals surface area contributed by atoms with Gasteiger partial charge in [-0.15, -0.1) is 0 Å². The van der Waals surface area contributed by atoms with Gasteiger partial charge in [0.1, 0.15) is 23.2 Å². The highest BCUT2D eigenvalue weighted by molar-refractivity contribution is 5.84. The van der Waals surface area contributed by atoms with E-state index in [4.69, 9.17) is 14.2 Å². The third kappa shape index (κ3) is 1.49. The van der Waals surface area contributed by atoms with E-state index in [9.17, 15) is 9.59 Å². The minimum atomic E-state index is -0.886. The van der Waals surface area contributed by atoms with E-state index < -0.39 is 17.2 Å². The van der Waals surface area contributed by atoms with E-state index >= 15 is 0 Å². The Morgan fingerprint density at radius 2 is 2.26 bits per heavy atom. The van der Waals surface area contributed by atoms with E-state index in [1.54, 1.807) is 12.2 Å². The summed E-state index contributed by atoms with van der Waals surface area (Å²) in [4.78, 5) is 22.5. The van der Waals surface area contributed by atoms with Crippen molar-refractivity contribution in [3.63, 3.8) is 0 Å². The van der Waals surface area contributed by atoms with Gasteiger partial charge in [-0.25, -0.2) is 0 Å². The topological polar surface area (TPSA) is 61.8 Å². The molecule has 0 N–H and O–H groups in total. The molecule has 0 aromatic carbocycles. The van der Waals surface area contributed by atoms with Crippen molar-refractivity contribution in [2.24, 2.45) is 0 Å². The van der Waals surface area contributed by atoms with Gasteiger partial charge >= 0.3 is 5.97 Å². The molecule has 1 aliphatic heterocycles. The van der Waals surface area contributed by atoms with Crippen LogP contribution in [0, 0.1) is 0 Å². The van der Waals surface area contributed by atoms with Crippen LogP contribution in [0.25, 0.3) is 0 Å². The summed E-state index contributed by atoms with van der Waals surface area (Å²) in [6.07, 6.45) is 6.63. The lowest BCUT2D eigenvalue weighted by atomic mass is 9.67. The van der Waals surface area contributed by atoms with Crippen LogP contribution in [0.1, 0.15) is 13.3 Å². The summed E-state index contributed by atoms with van der Waals surface area (Å²) in [5.41, 5.74) is -0.272. The summed E-state index contributed by atoms with van der Waals surface area (Å²) < 4.78 is 16.5. The molecule has 2 unspecified atom stereocenters. The first-order chi connectivity index (χ1) is 9.06. The van der Waals surface area contributed by atoms with Crippen molar-refractivity contribution in [3.8, 4) is 0 Å². The molecule has 0 aromatic heterocycles. The van der Waals surface area contributed by atoms with Crippen molar-refractivity contribution in [1.82, 2.24) is 0 Å². The summed E-state index contributed by atoms with van der Waals surface area (Å²) in [6, 6.07) is 0. The largest absolute Gasteiger partial charge is 0.428 e. The molecule has 0 saturated carbocycles. The second-order valence-electron chi connectivity index (χ2n) is 4.87. The third-order valence-electron chi connectivity index (χ3n) is 3.88. The van der Waals surface area contributed by atoms with Crippen LogP contribution in [0.5, 0.6) is 0 Å². The van der Waals surface area contributed by atoms with Crippen LogP contribution in [0.15, 0.2) is 35.1 Å². The maximum atomic E-state index is 11.3. The maximum Gasteiger partial charge on any atom is 0.307 e. The summed E-state index contributed by atoms with van der Waals surface area (Å²) >= 11 is 0. The molecule has 4 rings (SSSR count). The van der Waals surface area contributed by atoms with Gasteiger partial charge in [0.15, 0.2) is 0 Å². The molecule has 0 radical (unpaired) electrons. The molecule has 0 saturated heterocycles. The molecule has 0 aromatic rings. The van der Waals surface area contributed by atoms with Crippen LogP contribution >= 0.6 is 0 Å². The van der Waals surface area contributed by atoms with E-state index in [1.165, 1.54) is 14.0 Å². The fourth-order valence-corrected chi connectivity index (χ4v) is 2.99. The van der Waals surface area contributed by atoms with Gasteiger partial charge in [0.2, 0.25) is 0 Å². The number of ether oxygens (including phenoxy) is 3. The van der Waals surface area contributed by atoms with Gasteiger partial charge in [-0.05, 0) is 17.7 Å². The smallest absolute Gasteiger partial charge is 0.307 e. The van der Waals surface area contributed by atoms with Crippen molar-refractivity contribution in [2.45, 2.75) is 24.5 Å². The molecule has 4 aliphatic rings. The molecule has 1 spiro atoms. The molecule has 2 atom stereocenters. The first kappa shape index (κ1) is 12.3. The molecule has 3 aliphatic carbocycles. The van der Waals surface area contributed by atoms with Gasteiger partial charge in [0.25, 0.3) is 0 Å². The van der Waals surface area contributed by atoms with Gasteiger partial charge in [-0.1, -0.05) is 6.08 Å². The van der Waals surface area contributed by atoms with Crippen molar-refractivity contribution < 1.29 is 23.8 Å². The number of carbonyl (C=O) groups excluding carboxylic acids is 2. The van der Waals surface area contributed by atoms with Gasteiger partial charge in [-0.2, -0.15) is 0 Å². The Balaban J connectivity index is 2.16. The molecular formula is C14H14O5. The average molecular weight is 262 g/mol. The van der Waals surface area contributed by atoms with Crippen molar-refractivity contribution >= 4 is 12.3 Å². The van der Waals surface area contributed by atoms with Gasteiger partial charge in [-0.3, -0.25) is 9.59 Å². The highest BCUT2D eigenvalue weighted by atomic mass is 16.6. The molecule has 100 valence electrons. The molecule has 0 amide bonds. The first-order valence-electron chi connectivity index (χ1n) is 6.05. The summed E-state index contributed by atoms with van der Waals surface area (Å²) in [7, 11) is 1.53. The zero-order valence-corrected chi connectivity index (χ0v) is 10.8. The molecular weight excluding hydrogens is 248 g/mol. The molecule has 5 heteroatoms. The maximum absolute atomic E-state index is 11.3. The van der Waals surface area contributed by atoms with Gasteiger partial charge in [0, 0.05) is 26.0 Å². The molecule has 19 heavy (non-hydrogen) atoms. The standard InChI is InChI=1S/C14H14O5/c1-9(16)19-12-7-14-10(3-4-18-14)5-13(12,17-2)6-11(14)8-15/h3,6-8H,4-5H2,1-2H3. The Morgan fingerprint density at radius 1 is 1.47 bits per heavy atom. The minimum Gasteiger partial charge on any atom is -0.428 e. The zero-order valence-electron chi connectivity index (χ0n) is 10.8. The van der Waals surface area contributed by atoms with Crippen LogP contribution in [0.4, 0.5) is 0 Å². The fourth-order valence-electron chi connectivity index (χ4n) is 2.99. The predicted molar refractivity (Wildman–Crippen MR) is 65.1 cm³/mol. The van der Waals surface area contributed by atoms with Crippen LogP contribution < -0.4 is 0 Å². The van der Waals surface area contributed by atoms with Crippen LogP contribution in [0.3, 0.4) is 0 Å². The van der Waals surface area contributed by atoms with Crippen molar-refractivity contribution in [1.29, 1.82) is 0 Å². The number of aldehydes is 1. The molecule has 0 fully saturated rings. The second kappa shape index (κ2) is 3.88. The van der Waals surface area contributed by atoms with Crippen LogP contribution in [0.2, 0.25) is 0 Å². The molecule has 5 nitrogen and oxygen atoms in total. The minimum absolute atomic E-state index is 0.396. The summed E-state index contributed by atoms with van der Waals surface area (Å²) in [5.74, 6) is -0.0247. The van der Waals surface area contributed by atoms with E-state index in [0.717, 1.165) is 11.9 Å². The second-order valence-corrected chi connectivity index (χ2v) is 4.87. The number of methoxy groups -OCH3 is 1. The highest BCUT2D eigenvalue weighted by Gasteiger charge is 2.56. The number of hydrogen-bond donors (Lipinski definition) is 0. The van der Waals surface area contributed by atoms with Crippen molar-refractivity contribution in [3.05, 3.63) is 35.1 Å². The Morgan fingerprint density at radius 3 is 2.89 bits per heavy atom. The summed E-state index contributed by atoms with van der Waals surface area (Å²) in [5, 5.41) is 0. The van der Waals surface area contributed by atoms with E-state index in [1.807, 2.05) is 6.08 Å². The Labute approximate surface area is 110 Å². The number of esters is 1. The third-order valence-corrected chi connectivity index (χ3v) is 3.88. The zero-order chi connectivity index (χ0) is 13.7. The molecule has 1 heterocycles. The molecule has 2 bridgehead atoms. The lowest BCUT2D eigenvalue weighted by Gasteiger charge is -2.47. The number of carbonyl (C=O) groups is 2. The highest BCUT2D eigenvalue weighted by Crippen LogP contribution is 2.53. The van der Waals surface area contributed by atoms with Crippen LogP contribution in [-0.2, 0) is 23.8 Å². The van der Waals surface area contributed by atoms with E-state index in [2.05, 4.69) is 0 Å². The first-order valence-corrected chi connectivity index (χ1v) is 6.05. The van der Waals surface area contributed by atoms with Crippen LogP contribution in [-0.4, -0.2) is 37.2 Å². The number of rotatable bonds is 3. The summed E-state index contributed by atoms with van der Waals surface area (Å²) in [6.45, 7) is 1.77. The predicted octanol–water partition coefficient (Wildman–Crippen LogP) is 1.06. The fraction of sp³-hybridized carbons (Fsp3) is 0.429.